The molecule has 0 atom stereocenters. The Hall–Kier alpha value is -3.23. The number of hydrogen-bond acceptors (Lipinski definition) is 5. The van der Waals surface area contributed by atoms with Gasteiger partial charge in [0.15, 0.2) is 11.0 Å². The van der Waals surface area contributed by atoms with Crippen LogP contribution < -0.4 is 5.43 Å². The zero-order chi connectivity index (χ0) is 22.3. The first-order valence-corrected chi connectivity index (χ1v) is 11.7. The van der Waals surface area contributed by atoms with Crippen molar-refractivity contribution >= 4 is 39.8 Å². The molecule has 0 bridgehead atoms. The van der Waals surface area contributed by atoms with Crippen molar-refractivity contribution in [3.8, 4) is 17.1 Å². The highest BCUT2D eigenvalue weighted by molar-refractivity contribution is 9.10. The molecule has 0 saturated heterocycles. The molecule has 0 aliphatic carbocycles. The van der Waals surface area contributed by atoms with Crippen molar-refractivity contribution in [1.82, 2.24) is 20.2 Å². The van der Waals surface area contributed by atoms with Gasteiger partial charge in [0.1, 0.15) is 0 Å². The third-order valence-corrected chi connectivity index (χ3v) is 6.24. The number of thioether (sulfide) groups is 1. The van der Waals surface area contributed by atoms with Gasteiger partial charge in [-0.25, -0.2) is 5.43 Å². The van der Waals surface area contributed by atoms with Gasteiger partial charge in [0.05, 0.1) is 12.0 Å². The zero-order valence-corrected chi connectivity index (χ0v) is 19.7. The van der Waals surface area contributed by atoms with Crippen molar-refractivity contribution in [3.63, 3.8) is 0 Å². The number of hydrogen-bond donors (Lipinski definition) is 1. The lowest BCUT2D eigenvalue weighted by atomic mass is 10.2. The molecule has 0 saturated carbocycles. The number of benzene rings is 3. The van der Waals surface area contributed by atoms with Crippen LogP contribution in [0.5, 0.6) is 0 Å². The van der Waals surface area contributed by atoms with Gasteiger partial charge in [-0.3, -0.25) is 9.36 Å². The standard InChI is InChI=1S/C24H20BrN5OS/c1-17-11-13-20(14-12-17)30-23(18-7-3-2-4-8-18)28-29-24(30)32-16-22(31)27-26-15-19-9-5-6-10-21(19)25/h2-15H,16H2,1H3,(H,27,31)/b26-15+. The fourth-order valence-electron chi connectivity index (χ4n) is 2.98. The van der Waals surface area contributed by atoms with E-state index in [1.807, 2.05) is 90.4 Å². The number of nitrogens with one attached hydrogen (secondary N) is 1. The van der Waals surface area contributed by atoms with Crippen LogP contribution in [0.15, 0.2) is 93.6 Å². The van der Waals surface area contributed by atoms with Crippen molar-refractivity contribution in [2.45, 2.75) is 12.1 Å². The van der Waals surface area contributed by atoms with Crippen molar-refractivity contribution in [2.75, 3.05) is 5.75 Å². The van der Waals surface area contributed by atoms with Crippen molar-refractivity contribution < 1.29 is 4.79 Å². The first-order chi connectivity index (χ1) is 15.6. The smallest absolute Gasteiger partial charge is 0.250 e. The van der Waals surface area contributed by atoms with Crippen molar-refractivity contribution in [2.24, 2.45) is 5.10 Å². The van der Waals surface area contributed by atoms with Crippen LogP contribution in [0.1, 0.15) is 11.1 Å². The summed E-state index contributed by atoms with van der Waals surface area (Å²) in [4.78, 5) is 12.3. The fraction of sp³-hybridized carbons (Fsp3) is 0.0833. The number of hydrazone groups is 1. The van der Waals surface area contributed by atoms with E-state index < -0.39 is 0 Å². The minimum absolute atomic E-state index is 0.159. The van der Waals surface area contributed by atoms with Crippen LogP contribution in [0.3, 0.4) is 0 Å². The van der Waals surface area contributed by atoms with Gasteiger partial charge in [-0.2, -0.15) is 5.10 Å². The van der Waals surface area contributed by atoms with Crippen LogP contribution >= 0.6 is 27.7 Å². The number of nitrogens with zero attached hydrogens (tertiary/aromatic N) is 4. The molecule has 0 aliphatic rings. The second kappa shape index (κ2) is 10.4. The lowest BCUT2D eigenvalue weighted by Gasteiger charge is -2.10. The Bertz CT molecular complexity index is 1240. The molecule has 0 radical (unpaired) electrons. The number of carbonyl (C=O) groups excluding carboxylic acids is 1. The molecule has 1 amide bonds. The van der Waals surface area contributed by atoms with Gasteiger partial charge < -0.3 is 0 Å². The minimum atomic E-state index is -0.224. The van der Waals surface area contributed by atoms with E-state index in [0.29, 0.717) is 5.16 Å². The van der Waals surface area contributed by atoms with Crippen molar-refractivity contribution in [1.29, 1.82) is 0 Å². The number of aryl methyl sites for hydroxylation is 1. The molecule has 1 heterocycles. The maximum absolute atomic E-state index is 12.3. The van der Waals surface area contributed by atoms with Gasteiger partial charge in [-0.05, 0) is 25.1 Å². The molecule has 3 aromatic carbocycles. The molecule has 1 aromatic heterocycles. The number of aromatic nitrogens is 3. The molecule has 6 nitrogen and oxygen atoms in total. The van der Waals surface area contributed by atoms with E-state index in [9.17, 15) is 4.79 Å². The normalized spacial score (nSPS) is 11.1. The zero-order valence-electron chi connectivity index (χ0n) is 17.3. The maximum atomic E-state index is 12.3. The topological polar surface area (TPSA) is 72.2 Å². The molecule has 0 spiro atoms. The summed E-state index contributed by atoms with van der Waals surface area (Å²) in [6.07, 6.45) is 1.61. The average Bonchev–Trinajstić information content (AvgIpc) is 3.24. The molecular formula is C24H20BrN5OS. The van der Waals surface area contributed by atoms with E-state index in [1.54, 1.807) is 6.21 Å². The Morgan fingerprint density at radius 1 is 1.03 bits per heavy atom. The average molecular weight is 506 g/mol. The summed E-state index contributed by atoms with van der Waals surface area (Å²) in [5.41, 5.74) is 6.51. The van der Waals surface area contributed by atoms with Crippen LogP contribution in [0.4, 0.5) is 0 Å². The Labute approximate surface area is 198 Å². The van der Waals surface area contributed by atoms with Gasteiger partial charge in [-0.1, -0.05) is 93.9 Å². The summed E-state index contributed by atoms with van der Waals surface area (Å²) >= 11 is 4.77. The fourth-order valence-corrected chi connectivity index (χ4v) is 4.11. The number of rotatable bonds is 7. The second-order valence-electron chi connectivity index (χ2n) is 6.95. The van der Waals surface area contributed by atoms with Crippen LogP contribution in [0, 0.1) is 6.92 Å². The molecule has 160 valence electrons. The van der Waals surface area contributed by atoms with Gasteiger partial charge in [0.25, 0.3) is 5.91 Å². The number of halogens is 1. The first-order valence-electron chi connectivity index (χ1n) is 9.89. The summed E-state index contributed by atoms with van der Waals surface area (Å²) in [6.45, 7) is 2.04. The van der Waals surface area contributed by atoms with E-state index in [4.69, 9.17) is 0 Å². The van der Waals surface area contributed by atoms with Crippen LogP contribution in [-0.4, -0.2) is 32.6 Å². The molecule has 32 heavy (non-hydrogen) atoms. The van der Waals surface area contributed by atoms with Crippen LogP contribution in [0.2, 0.25) is 0 Å². The van der Waals surface area contributed by atoms with E-state index in [1.165, 1.54) is 17.3 Å². The van der Waals surface area contributed by atoms with E-state index in [-0.39, 0.29) is 11.7 Å². The summed E-state index contributed by atoms with van der Waals surface area (Å²) in [5, 5.41) is 13.4. The van der Waals surface area contributed by atoms with Gasteiger partial charge in [0, 0.05) is 21.3 Å². The SMILES string of the molecule is Cc1ccc(-n2c(SCC(=O)N/N=C/c3ccccc3Br)nnc2-c2ccccc2)cc1. The highest BCUT2D eigenvalue weighted by Crippen LogP contribution is 2.28. The molecule has 4 rings (SSSR count). The maximum Gasteiger partial charge on any atom is 0.250 e. The third-order valence-electron chi connectivity index (χ3n) is 4.59. The van der Waals surface area contributed by atoms with Gasteiger partial charge in [0.2, 0.25) is 0 Å². The first kappa shape index (κ1) is 22.0. The second-order valence-corrected chi connectivity index (χ2v) is 8.74. The summed E-state index contributed by atoms with van der Waals surface area (Å²) in [6, 6.07) is 25.7. The Balaban J connectivity index is 1.51. The molecule has 0 fully saturated rings. The number of carbonyl (C=O) groups is 1. The van der Waals surface area contributed by atoms with Crippen LogP contribution in [-0.2, 0) is 4.79 Å². The Morgan fingerprint density at radius 3 is 2.50 bits per heavy atom. The number of amides is 1. The van der Waals surface area contributed by atoms with Gasteiger partial charge in [-0.15, -0.1) is 10.2 Å². The van der Waals surface area contributed by atoms with E-state index in [0.717, 1.165) is 27.1 Å². The molecule has 1 N–H and O–H groups in total. The predicted molar refractivity (Wildman–Crippen MR) is 132 cm³/mol. The van der Waals surface area contributed by atoms with Gasteiger partial charge >= 0.3 is 0 Å². The van der Waals surface area contributed by atoms with E-state index in [2.05, 4.69) is 36.7 Å². The highest BCUT2D eigenvalue weighted by atomic mass is 79.9. The quantitative estimate of drug-likeness (QED) is 0.211. The summed E-state index contributed by atoms with van der Waals surface area (Å²) in [7, 11) is 0. The predicted octanol–water partition coefficient (Wildman–Crippen LogP) is 5.25. The molecule has 8 heteroatoms. The summed E-state index contributed by atoms with van der Waals surface area (Å²) in [5.74, 6) is 0.661. The lowest BCUT2D eigenvalue weighted by molar-refractivity contribution is -0.118. The van der Waals surface area contributed by atoms with Crippen LogP contribution in [0.25, 0.3) is 17.1 Å². The minimum Gasteiger partial charge on any atom is -0.272 e. The van der Waals surface area contributed by atoms with E-state index >= 15 is 0 Å². The lowest BCUT2D eigenvalue weighted by Crippen LogP contribution is -2.20. The van der Waals surface area contributed by atoms with Crippen molar-refractivity contribution in [3.05, 3.63) is 94.5 Å². The highest BCUT2D eigenvalue weighted by Gasteiger charge is 2.17. The Morgan fingerprint density at radius 2 is 1.75 bits per heavy atom. The molecule has 4 aromatic rings. The largest absolute Gasteiger partial charge is 0.272 e. The third kappa shape index (κ3) is 5.33. The molecule has 0 aliphatic heterocycles. The molecule has 0 unspecified atom stereocenters. The Kier molecular flexibility index (Phi) is 7.14. The monoisotopic (exact) mass is 505 g/mol. The summed E-state index contributed by atoms with van der Waals surface area (Å²) < 4.78 is 2.88. The molecular weight excluding hydrogens is 486 g/mol.